The summed E-state index contributed by atoms with van der Waals surface area (Å²) < 4.78 is 0.604. The number of thiocarbonyl (C=S) groups is 1. The van der Waals surface area contributed by atoms with Crippen molar-refractivity contribution in [3.8, 4) is 0 Å². The van der Waals surface area contributed by atoms with Crippen LogP contribution in [0.5, 0.6) is 0 Å². The van der Waals surface area contributed by atoms with Gasteiger partial charge in [0.1, 0.15) is 0 Å². The van der Waals surface area contributed by atoms with E-state index in [1.54, 1.807) is 0 Å². The molecule has 0 radical (unpaired) electrons. The number of nitrogens with zero attached hydrogens (tertiary/aromatic N) is 1. The second-order valence-electron chi connectivity index (χ2n) is 2.94. The van der Waals surface area contributed by atoms with E-state index in [1.165, 1.54) is 19.3 Å². The van der Waals surface area contributed by atoms with Crippen molar-refractivity contribution in [3.05, 3.63) is 0 Å². The molecular formula is C7H12NNaS2. The van der Waals surface area contributed by atoms with Gasteiger partial charge in [-0.1, -0.05) is 10.7 Å². The molecule has 1 nitrogen and oxygen atoms in total. The molecule has 0 unspecified atom stereocenters. The Bertz CT molecular complexity index is 136. The zero-order valence-electron chi connectivity index (χ0n) is 7.17. The molecule has 1 rings (SSSR count). The van der Waals surface area contributed by atoms with Crippen LogP contribution in [0.15, 0.2) is 0 Å². The molecule has 0 saturated heterocycles. The molecule has 0 aromatic heterocycles. The molecule has 0 heterocycles. The second-order valence-corrected chi connectivity index (χ2v) is 3.98. The molecule has 0 atom stereocenters. The van der Waals surface area contributed by atoms with Crippen molar-refractivity contribution in [1.82, 2.24) is 4.90 Å². The van der Waals surface area contributed by atoms with Gasteiger partial charge in [0.25, 0.3) is 0 Å². The first-order valence-electron chi connectivity index (χ1n) is 3.62. The second kappa shape index (κ2) is 5.70. The first-order valence-corrected chi connectivity index (χ1v) is 4.44. The van der Waals surface area contributed by atoms with Gasteiger partial charge in [-0.25, -0.2) is 0 Å². The van der Waals surface area contributed by atoms with Crippen molar-refractivity contribution in [1.29, 1.82) is 0 Å². The third-order valence-corrected chi connectivity index (χ3v) is 2.69. The van der Waals surface area contributed by atoms with E-state index in [0.717, 1.165) is 12.5 Å². The molecule has 1 aliphatic carbocycles. The van der Waals surface area contributed by atoms with Crippen LogP contribution in [0.2, 0.25) is 0 Å². The molecule has 4 heteroatoms. The van der Waals surface area contributed by atoms with Crippen LogP contribution in [0.3, 0.4) is 0 Å². The summed E-state index contributed by atoms with van der Waals surface area (Å²) in [7, 11) is 1.98. The van der Waals surface area contributed by atoms with Crippen molar-refractivity contribution < 1.29 is 29.6 Å². The standard InChI is InChI=1S/C7H13NS2.Na/c1-8(7(9)10)5-6-3-2-4-6;/h6H,2-5H2,1H3,(H,9,10);/q;+1/p-1. The van der Waals surface area contributed by atoms with Crippen molar-refractivity contribution in [2.45, 2.75) is 19.3 Å². The van der Waals surface area contributed by atoms with Gasteiger partial charge in [0.2, 0.25) is 0 Å². The fraction of sp³-hybridized carbons (Fsp3) is 0.857. The molecule has 0 aromatic rings. The Morgan fingerprint density at radius 2 is 2.18 bits per heavy atom. The van der Waals surface area contributed by atoms with E-state index in [0.29, 0.717) is 4.32 Å². The average molecular weight is 197 g/mol. The Morgan fingerprint density at radius 3 is 2.45 bits per heavy atom. The number of hydrogen-bond donors (Lipinski definition) is 0. The molecule has 1 fully saturated rings. The predicted molar refractivity (Wildman–Crippen MR) is 49.9 cm³/mol. The summed E-state index contributed by atoms with van der Waals surface area (Å²) in [6.45, 7) is 1.07. The van der Waals surface area contributed by atoms with Gasteiger partial charge in [-0.15, -0.1) is 0 Å². The minimum absolute atomic E-state index is 0. The topological polar surface area (TPSA) is 3.24 Å². The van der Waals surface area contributed by atoms with Gasteiger partial charge in [0.15, 0.2) is 0 Å². The molecule has 1 aliphatic rings. The van der Waals surface area contributed by atoms with Crippen LogP contribution in [0, 0.1) is 5.92 Å². The molecule has 0 aliphatic heterocycles. The van der Waals surface area contributed by atoms with E-state index in [2.05, 4.69) is 0 Å². The molecule has 11 heavy (non-hydrogen) atoms. The normalized spacial score (nSPS) is 16.5. The summed E-state index contributed by atoms with van der Waals surface area (Å²) in [6.07, 6.45) is 4.12. The van der Waals surface area contributed by atoms with Gasteiger partial charge in [0.05, 0.1) is 0 Å². The monoisotopic (exact) mass is 197 g/mol. The van der Waals surface area contributed by atoms with Gasteiger partial charge in [0, 0.05) is 13.6 Å². The first-order chi connectivity index (χ1) is 4.70. The van der Waals surface area contributed by atoms with E-state index in [4.69, 9.17) is 24.8 Å². The van der Waals surface area contributed by atoms with Crippen LogP contribution in [0.4, 0.5) is 0 Å². The zero-order chi connectivity index (χ0) is 7.56. The Kier molecular flexibility index (Phi) is 6.28. The Balaban J connectivity index is 0.000001000. The van der Waals surface area contributed by atoms with E-state index in [1.807, 2.05) is 11.9 Å². The van der Waals surface area contributed by atoms with Gasteiger partial charge in [-0.05, 0) is 18.8 Å². The third-order valence-electron chi connectivity index (χ3n) is 2.07. The largest absolute Gasteiger partial charge is 1.00 e. The summed E-state index contributed by atoms with van der Waals surface area (Å²) in [6, 6.07) is 0. The van der Waals surface area contributed by atoms with Gasteiger partial charge < -0.3 is 29.7 Å². The molecule has 0 N–H and O–H groups in total. The summed E-state index contributed by atoms with van der Waals surface area (Å²) in [4.78, 5) is 1.99. The predicted octanol–water partition coefficient (Wildman–Crippen LogP) is -1.45. The van der Waals surface area contributed by atoms with Crippen LogP contribution in [-0.2, 0) is 12.6 Å². The van der Waals surface area contributed by atoms with E-state index in [-0.39, 0.29) is 29.6 Å². The molecule has 1 saturated carbocycles. The molecule has 0 bridgehead atoms. The molecule has 0 spiro atoms. The van der Waals surface area contributed by atoms with E-state index in [9.17, 15) is 0 Å². The SMILES string of the molecule is CN(CC1CCC1)C(=S)[S-].[Na+]. The maximum absolute atomic E-state index is 4.85. The van der Waals surface area contributed by atoms with Crippen molar-refractivity contribution in [3.63, 3.8) is 0 Å². The van der Waals surface area contributed by atoms with Gasteiger partial charge in [-0.2, -0.15) is 0 Å². The number of rotatable bonds is 2. The quantitative estimate of drug-likeness (QED) is 0.303. The summed E-state index contributed by atoms with van der Waals surface area (Å²) in [5.74, 6) is 0.867. The van der Waals surface area contributed by atoms with E-state index >= 15 is 0 Å². The zero-order valence-corrected chi connectivity index (χ0v) is 10.8. The minimum Gasteiger partial charge on any atom is -0.411 e. The average Bonchev–Trinajstić information content (AvgIpc) is 1.77. The van der Waals surface area contributed by atoms with Crippen LogP contribution in [-0.4, -0.2) is 22.8 Å². The summed E-state index contributed by atoms with van der Waals surface area (Å²) in [5.41, 5.74) is 0. The molecule has 58 valence electrons. The Hall–Kier alpha value is 1.11. The Labute approximate surface area is 102 Å². The maximum atomic E-state index is 4.85. The van der Waals surface area contributed by atoms with Crippen LogP contribution >= 0.6 is 12.2 Å². The van der Waals surface area contributed by atoms with Crippen molar-refractivity contribution in [2.75, 3.05) is 13.6 Å². The molecular weight excluding hydrogens is 185 g/mol. The summed E-state index contributed by atoms with van der Waals surface area (Å²) >= 11 is 9.70. The minimum atomic E-state index is 0. The Morgan fingerprint density at radius 1 is 1.64 bits per heavy atom. The van der Waals surface area contributed by atoms with Gasteiger partial charge >= 0.3 is 29.6 Å². The maximum Gasteiger partial charge on any atom is 1.00 e. The van der Waals surface area contributed by atoms with Crippen LogP contribution < -0.4 is 29.6 Å². The fourth-order valence-electron chi connectivity index (χ4n) is 1.14. The number of hydrogen-bond acceptors (Lipinski definition) is 2. The molecule has 0 aromatic carbocycles. The van der Waals surface area contributed by atoms with Gasteiger partial charge in [-0.3, -0.25) is 0 Å². The smallest absolute Gasteiger partial charge is 0.411 e. The summed E-state index contributed by atoms with van der Waals surface area (Å²) in [5, 5.41) is 0. The fourth-order valence-corrected chi connectivity index (χ4v) is 1.29. The van der Waals surface area contributed by atoms with Crippen LogP contribution in [0.25, 0.3) is 0 Å². The van der Waals surface area contributed by atoms with E-state index < -0.39 is 0 Å². The third kappa shape index (κ3) is 4.04. The van der Waals surface area contributed by atoms with Crippen molar-refractivity contribution in [2.24, 2.45) is 5.92 Å². The van der Waals surface area contributed by atoms with Crippen molar-refractivity contribution >= 4 is 29.2 Å². The molecule has 0 amide bonds. The first kappa shape index (κ1) is 12.1. The van der Waals surface area contributed by atoms with Crippen LogP contribution in [0.1, 0.15) is 19.3 Å².